The molecule has 0 fully saturated rings. The number of nitrogens with one attached hydrogen (secondary N) is 1. The number of carboxylic acid groups (broad SMARTS) is 2. The second kappa shape index (κ2) is 6.66. The van der Waals surface area contributed by atoms with E-state index in [1.54, 1.807) is 0 Å². The molecule has 0 aliphatic carbocycles. The lowest BCUT2D eigenvalue weighted by molar-refractivity contribution is -0.384. The summed E-state index contributed by atoms with van der Waals surface area (Å²) in [5.74, 6) is -3.90. The van der Waals surface area contributed by atoms with Crippen LogP contribution in [-0.2, 0) is 9.59 Å². The summed E-state index contributed by atoms with van der Waals surface area (Å²) in [4.78, 5) is 43.0. The molecule has 0 unspecified atom stereocenters. The zero-order valence-electron chi connectivity index (χ0n) is 10.3. The van der Waals surface area contributed by atoms with Crippen molar-refractivity contribution in [3.8, 4) is 0 Å². The van der Waals surface area contributed by atoms with E-state index in [1.165, 1.54) is 0 Å². The monoisotopic (exact) mass is 316 g/mol. The van der Waals surface area contributed by atoms with Crippen LogP contribution < -0.4 is 5.32 Å². The summed E-state index contributed by atoms with van der Waals surface area (Å²) in [6.07, 6.45) is -0.823. The highest BCUT2D eigenvalue weighted by Gasteiger charge is 2.24. The molecule has 3 N–H and O–H groups in total. The minimum absolute atomic E-state index is 0.183. The molecule has 0 heterocycles. The predicted octanol–water partition coefficient (Wildman–Crippen LogP) is 0.906. The first-order valence-corrected chi connectivity index (χ1v) is 5.79. The van der Waals surface area contributed by atoms with Crippen LogP contribution in [0.2, 0.25) is 5.02 Å². The highest BCUT2D eigenvalue weighted by Crippen LogP contribution is 2.25. The summed E-state index contributed by atoms with van der Waals surface area (Å²) in [7, 11) is 0. The van der Waals surface area contributed by atoms with Crippen LogP contribution in [0.15, 0.2) is 18.2 Å². The van der Waals surface area contributed by atoms with Crippen molar-refractivity contribution >= 4 is 35.1 Å². The number of carboxylic acids is 2. The van der Waals surface area contributed by atoms with Crippen LogP contribution in [0.3, 0.4) is 0 Å². The number of halogens is 1. The third-order valence-electron chi connectivity index (χ3n) is 2.39. The van der Waals surface area contributed by atoms with Gasteiger partial charge in [-0.3, -0.25) is 19.7 Å². The maximum absolute atomic E-state index is 11.8. The average molecular weight is 317 g/mol. The van der Waals surface area contributed by atoms with Crippen LogP contribution in [0.4, 0.5) is 5.69 Å². The van der Waals surface area contributed by atoms with Crippen molar-refractivity contribution in [2.24, 2.45) is 0 Å². The van der Waals surface area contributed by atoms with Crippen LogP contribution in [0.1, 0.15) is 16.8 Å². The van der Waals surface area contributed by atoms with Gasteiger partial charge in [-0.1, -0.05) is 11.6 Å². The maximum Gasteiger partial charge on any atom is 0.326 e. The molecule has 0 spiro atoms. The predicted molar refractivity (Wildman–Crippen MR) is 69.2 cm³/mol. The van der Waals surface area contributed by atoms with Gasteiger partial charge in [0.15, 0.2) is 0 Å². The van der Waals surface area contributed by atoms with Gasteiger partial charge in [0.1, 0.15) is 11.1 Å². The molecular weight excluding hydrogens is 308 g/mol. The first-order chi connectivity index (χ1) is 9.72. The highest BCUT2D eigenvalue weighted by molar-refractivity contribution is 6.32. The Morgan fingerprint density at radius 3 is 2.43 bits per heavy atom. The molecule has 1 rings (SSSR count). The summed E-state index contributed by atoms with van der Waals surface area (Å²) < 4.78 is 0. The number of hydrogen-bond acceptors (Lipinski definition) is 5. The standard InChI is InChI=1S/C11H9ClN2O7/c12-6-2-1-5(3-8(6)14(20)21)10(17)13-7(11(18)19)4-9(15)16/h1-3,7H,4H2,(H,13,17)(H,15,16)(H,18,19)/t7-/m1/s1. The summed E-state index contributed by atoms with van der Waals surface area (Å²) in [5.41, 5.74) is -0.725. The highest BCUT2D eigenvalue weighted by atomic mass is 35.5. The van der Waals surface area contributed by atoms with Crippen LogP contribution in [0.25, 0.3) is 0 Å². The molecule has 0 bridgehead atoms. The second-order valence-corrected chi connectivity index (χ2v) is 4.29. The van der Waals surface area contributed by atoms with Gasteiger partial charge in [-0.05, 0) is 12.1 Å². The van der Waals surface area contributed by atoms with Gasteiger partial charge in [0, 0.05) is 11.6 Å². The molecule has 1 atom stereocenters. The molecule has 0 aliphatic rings. The Labute approximate surface area is 122 Å². The van der Waals surface area contributed by atoms with Crippen LogP contribution in [0, 0.1) is 10.1 Å². The normalized spacial score (nSPS) is 11.5. The second-order valence-electron chi connectivity index (χ2n) is 3.89. The Kier molecular flexibility index (Phi) is 5.19. The van der Waals surface area contributed by atoms with Gasteiger partial charge in [0.25, 0.3) is 11.6 Å². The fraction of sp³-hybridized carbons (Fsp3) is 0.182. The Morgan fingerprint density at radius 1 is 1.33 bits per heavy atom. The Balaban J connectivity index is 2.97. The minimum atomic E-state index is -1.65. The molecule has 1 aromatic carbocycles. The molecule has 0 aliphatic heterocycles. The Hall–Kier alpha value is -2.68. The van der Waals surface area contributed by atoms with E-state index in [-0.39, 0.29) is 10.6 Å². The van der Waals surface area contributed by atoms with Crippen molar-refractivity contribution in [3.63, 3.8) is 0 Å². The summed E-state index contributed by atoms with van der Waals surface area (Å²) in [5, 5.41) is 29.8. The van der Waals surface area contributed by atoms with Crippen molar-refractivity contribution in [3.05, 3.63) is 38.9 Å². The van der Waals surface area contributed by atoms with E-state index in [9.17, 15) is 24.5 Å². The number of aliphatic carboxylic acids is 2. The molecule has 0 aromatic heterocycles. The molecule has 0 saturated heterocycles. The van der Waals surface area contributed by atoms with Crippen molar-refractivity contribution in [1.29, 1.82) is 0 Å². The zero-order chi connectivity index (χ0) is 16.2. The smallest absolute Gasteiger partial charge is 0.326 e. The first kappa shape index (κ1) is 16.4. The van der Waals surface area contributed by atoms with Crippen molar-refractivity contribution in [2.45, 2.75) is 12.5 Å². The van der Waals surface area contributed by atoms with Gasteiger partial charge in [0.2, 0.25) is 0 Å². The van der Waals surface area contributed by atoms with E-state index in [1.807, 2.05) is 5.32 Å². The molecule has 0 radical (unpaired) electrons. The van der Waals surface area contributed by atoms with Crippen molar-refractivity contribution in [1.82, 2.24) is 5.32 Å². The molecule has 1 amide bonds. The molecule has 0 saturated carbocycles. The number of amides is 1. The number of nitro groups is 1. The van der Waals surface area contributed by atoms with E-state index in [0.717, 1.165) is 18.2 Å². The minimum Gasteiger partial charge on any atom is -0.481 e. The largest absolute Gasteiger partial charge is 0.481 e. The number of carbonyl (C=O) groups excluding carboxylic acids is 1. The maximum atomic E-state index is 11.8. The number of carbonyl (C=O) groups is 3. The number of hydrogen-bond donors (Lipinski definition) is 3. The van der Waals surface area contributed by atoms with Gasteiger partial charge in [-0.15, -0.1) is 0 Å². The van der Waals surface area contributed by atoms with Gasteiger partial charge in [0.05, 0.1) is 11.3 Å². The summed E-state index contributed by atoms with van der Waals surface area (Å²) >= 11 is 5.58. The van der Waals surface area contributed by atoms with E-state index >= 15 is 0 Å². The first-order valence-electron chi connectivity index (χ1n) is 5.41. The fourth-order valence-corrected chi connectivity index (χ4v) is 1.60. The topological polar surface area (TPSA) is 147 Å². The molecule has 1 aromatic rings. The van der Waals surface area contributed by atoms with Gasteiger partial charge in [-0.25, -0.2) is 4.79 Å². The van der Waals surface area contributed by atoms with E-state index in [4.69, 9.17) is 21.8 Å². The van der Waals surface area contributed by atoms with E-state index in [2.05, 4.69) is 0 Å². The van der Waals surface area contributed by atoms with Crippen LogP contribution in [0.5, 0.6) is 0 Å². The van der Waals surface area contributed by atoms with Gasteiger partial charge in [-0.2, -0.15) is 0 Å². The van der Waals surface area contributed by atoms with Crippen LogP contribution >= 0.6 is 11.6 Å². The van der Waals surface area contributed by atoms with Crippen LogP contribution in [-0.4, -0.2) is 39.0 Å². The lowest BCUT2D eigenvalue weighted by atomic mass is 10.1. The lowest BCUT2D eigenvalue weighted by Gasteiger charge is -2.12. The van der Waals surface area contributed by atoms with Gasteiger partial charge >= 0.3 is 11.9 Å². The van der Waals surface area contributed by atoms with E-state index in [0.29, 0.717) is 0 Å². The summed E-state index contributed by atoms with van der Waals surface area (Å²) in [6, 6.07) is 1.49. The number of rotatable bonds is 6. The molecular formula is C11H9ClN2O7. The SMILES string of the molecule is O=C(O)C[C@@H](NC(=O)c1ccc(Cl)c([N+](=O)[O-])c1)C(=O)O. The molecule has 10 heteroatoms. The molecule has 112 valence electrons. The third-order valence-corrected chi connectivity index (χ3v) is 2.71. The number of nitro benzene ring substituents is 1. The zero-order valence-corrected chi connectivity index (χ0v) is 11.0. The summed E-state index contributed by atoms with van der Waals surface area (Å²) in [6.45, 7) is 0. The Morgan fingerprint density at radius 2 is 1.95 bits per heavy atom. The Bertz CT molecular complexity index is 617. The third kappa shape index (κ3) is 4.42. The average Bonchev–Trinajstić information content (AvgIpc) is 2.37. The number of nitrogens with zero attached hydrogens (tertiary/aromatic N) is 1. The quantitative estimate of drug-likeness (QED) is 0.521. The number of benzene rings is 1. The molecule has 21 heavy (non-hydrogen) atoms. The van der Waals surface area contributed by atoms with E-state index < -0.39 is 40.9 Å². The molecule has 9 nitrogen and oxygen atoms in total. The fourth-order valence-electron chi connectivity index (χ4n) is 1.41. The van der Waals surface area contributed by atoms with Crippen molar-refractivity contribution in [2.75, 3.05) is 0 Å². The lowest BCUT2D eigenvalue weighted by Crippen LogP contribution is -2.42. The van der Waals surface area contributed by atoms with Crippen molar-refractivity contribution < 1.29 is 29.5 Å². The van der Waals surface area contributed by atoms with Gasteiger partial charge < -0.3 is 15.5 Å².